The fourth-order valence-electron chi connectivity index (χ4n) is 2.41. The van der Waals surface area contributed by atoms with E-state index >= 15 is 0 Å². The van der Waals surface area contributed by atoms with Gasteiger partial charge in [0, 0.05) is 36.2 Å². The molecule has 114 valence electrons. The molecule has 5 nitrogen and oxygen atoms in total. The van der Waals surface area contributed by atoms with E-state index in [4.69, 9.17) is 0 Å². The van der Waals surface area contributed by atoms with Crippen molar-refractivity contribution in [3.8, 4) is 0 Å². The van der Waals surface area contributed by atoms with Gasteiger partial charge in [0.25, 0.3) is 0 Å². The molecule has 0 spiro atoms. The zero-order chi connectivity index (χ0) is 15.4. The van der Waals surface area contributed by atoms with Crippen LogP contribution in [0.2, 0.25) is 0 Å². The highest BCUT2D eigenvalue weighted by Gasteiger charge is 2.21. The molecule has 1 aliphatic heterocycles. The van der Waals surface area contributed by atoms with Crippen molar-refractivity contribution in [3.05, 3.63) is 28.2 Å². The predicted molar refractivity (Wildman–Crippen MR) is 86.3 cm³/mol. The third-order valence-electron chi connectivity index (χ3n) is 3.69. The van der Waals surface area contributed by atoms with Gasteiger partial charge < -0.3 is 15.5 Å². The van der Waals surface area contributed by atoms with Crippen LogP contribution >= 0.6 is 15.9 Å². The van der Waals surface area contributed by atoms with Gasteiger partial charge in [-0.3, -0.25) is 4.79 Å². The van der Waals surface area contributed by atoms with Crippen LogP contribution in [0.4, 0.5) is 10.5 Å². The van der Waals surface area contributed by atoms with Crippen LogP contribution in [0, 0.1) is 6.92 Å². The van der Waals surface area contributed by atoms with E-state index in [1.165, 1.54) is 0 Å². The van der Waals surface area contributed by atoms with Gasteiger partial charge in [-0.05, 0) is 43.5 Å². The third kappa shape index (κ3) is 4.46. The monoisotopic (exact) mass is 353 g/mol. The molecule has 21 heavy (non-hydrogen) atoms. The van der Waals surface area contributed by atoms with Gasteiger partial charge >= 0.3 is 6.03 Å². The lowest BCUT2D eigenvalue weighted by atomic mass is 10.1. The van der Waals surface area contributed by atoms with E-state index in [2.05, 4.69) is 26.6 Å². The summed E-state index contributed by atoms with van der Waals surface area (Å²) in [5.74, 6) is 0.100. The minimum absolute atomic E-state index is 0.100. The minimum atomic E-state index is -0.196. The quantitative estimate of drug-likeness (QED) is 0.858. The molecule has 3 amide bonds. The molecule has 1 aromatic carbocycles. The molecule has 1 fully saturated rings. The fourth-order valence-corrected chi connectivity index (χ4v) is 2.66. The Balaban J connectivity index is 1.82. The van der Waals surface area contributed by atoms with E-state index in [-0.39, 0.29) is 18.0 Å². The highest BCUT2D eigenvalue weighted by atomic mass is 79.9. The standard InChI is InChI=1S/C15H20BrN3O2/c1-10-9-13(3-4-14(10)16)18-15(21)17-12-5-7-19(8-6-12)11(2)20/h3-4,9,12H,5-8H2,1-2H3,(H2,17,18,21). The van der Waals surface area contributed by atoms with Crippen molar-refractivity contribution in [1.29, 1.82) is 0 Å². The van der Waals surface area contributed by atoms with E-state index in [0.717, 1.165) is 28.6 Å². The summed E-state index contributed by atoms with van der Waals surface area (Å²) in [6.07, 6.45) is 1.60. The van der Waals surface area contributed by atoms with E-state index in [1.54, 1.807) is 6.92 Å². The van der Waals surface area contributed by atoms with Crippen LogP contribution in [-0.2, 0) is 4.79 Å². The summed E-state index contributed by atoms with van der Waals surface area (Å²) in [6.45, 7) is 4.97. The first-order valence-electron chi connectivity index (χ1n) is 7.05. The first kappa shape index (κ1) is 15.8. The molecule has 2 N–H and O–H groups in total. The van der Waals surface area contributed by atoms with Crippen molar-refractivity contribution in [2.45, 2.75) is 32.7 Å². The Hall–Kier alpha value is -1.56. The molecule has 6 heteroatoms. The maximum atomic E-state index is 12.0. The maximum absolute atomic E-state index is 12.0. The second kappa shape index (κ2) is 6.93. The van der Waals surface area contributed by atoms with E-state index in [0.29, 0.717) is 13.1 Å². The number of nitrogens with zero attached hydrogens (tertiary/aromatic N) is 1. The highest BCUT2D eigenvalue weighted by Crippen LogP contribution is 2.20. The number of amides is 3. The average Bonchev–Trinajstić information content (AvgIpc) is 2.43. The number of likely N-dealkylation sites (tertiary alicyclic amines) is 1. The lowest BCUT2D eigenvalue weighted by Gasteiger charge is -2.31. The smallest absolute Gasteiger partial charge is 0.319 e. The molecule has 1 heterocycles. The molecule has 0 aliphatic carbocycles. The molecule has 0 aromatic heterocycles. The van der Waals surface area contributed by atoms with Crippen LogP contribution in [0.5, 0.6) is 0 Å². The Bertz CT molecular complexity index is 540. The summed E-state index contributed by atoms with van der Waals surface area (Å²) in [4.78, 5) is 25.0. The van der Waals surface area contributed by atoms with Crippen molar-refractivity contribution >= 4 is 33.6 Å². The van der Waals surface area contributed by atoms with Gasteiger partial charge in [0.15, 0.2) is 0 Å². The van der Waals surface area contributed by atoms with Gasteiger partial charge in [-0.25, -0.2) is 4.79 Å². The lowest BCUT2D eigenvalue weighted by molar-refractivity contribution is -0.129. The number of carbonyl (C=O) groups excluding carboxylic acids is 2. The van der Waals surface area contributed by atoms with Gasteiger partial charge in [0.05, 0.1) is 0 Å². The number of urea groups is 1. The van der Waals surface area contributed by atoms with Crippen molar-refractivity contribution in [2.75, 3.05) is 18.4 Å². The molecule has 1 aromatic rings. The van der Waals surface area contributed by atoms with Crippen LogP contribution in [0.3, 0.4) is 0 Å². The van der Waals surface area contributed by atoms with Gasteiger partial charge in [0.1, 0.15) is 0 Å². The van der Waals surface area contributed by atoms with Crippen molar-refractivity contribution in [3.63, 3.8) is 0 Å². The van der Waals surface area contributed by atoms with Crippen molar-refractivity contribution in [2.24, 2.45) is 0 Å². The predicted octanol–water partition coefficient (Wildman–Crippen LogP) is 2.89. The number of halogens is 1. The number of piperidine rings is 1. The molecule has 1 saturated heterocycles. The Kier molecular flexibility index (Phi) is 5.22. The number of hydrogen-bond donors (Lipinski definition) is 2. The zero-order valence-corrected chi connectivity index (χ0v) is 13.9. The van der Waals surface area contributed by atoms with Gasteiger partial charge in [-0.15, -0.1) is 0 Å². The fraction of sp³-hybridized carbons (Fsp3) is 0.467. The largest absolute Gasteiger partial charge is 0.343 e. The van der Waals surface area contributed by atoms with Crippen LogP contribution in [0.25, 0.3) is 0 Å². The number of hydrogen-bond acceptors (Lipinski definition) is 2. The lowest BCUT2D eigenvalue weighted by Crippen LogP contribution is -2.47. The number of aryl methyl sites for hydroxylation is 1. The molecule has 2 rings (SSSR count). The van der Waals surface area contributed by atoms with Gasteiger partial charge in [0.2, 0.25) is 5.91 Å². The SMILES string of the molecule is CC(=O)N1CCC(NC(=O)Nc2ccc(Br)c(C)c2)CC1. The van der Waals surface area contributed by atoms with Crippen LogP contribution in [0.15, 0.2) is 22.7 Å². The summed E-state index contributed by atoms with van der Waals surface area (Å²) in [5.41, 5.74) is 1.84. The molecule has 0 bridgehead atoms. The summed E-state index contributed by atoms with van der Waals surface area (Å²) < 4.78 is 1.02. The van der Waals surface area contributed by atoms with E-state index < -0.39 is 0 Å². The number of benzene rings is 1. The number of carbonyl (C=O) groups is 2. The summed E-state index contributed by atoms with van der Waals surface area (Å²) in [7, 11) is 0. The summed E-state index contributed by atoms with van der Waals surface area (Å²) >= 11 is 3.43. The Morgan fingerprint density at radius 3 is 2.52 bits per heavy atom. The van der Waals surface area contributed by atoms with Crippen molar-refractivity contribution < 1.29 is 9.59 Å². The Morgan fingerprint density at radius 1 is 1.29 bits per heavy atom. The third-order valence-corrected chi connectivity index (χ3v) is 4.58. The second-order valence-electron chi connectivity index (χ2n) is 5.34. The zero-order valence-electron chi connectivity index (χ0n) is 12.3. The number of anilines is 1. The van der Waals surface area contributed by atoms with Crippen LogP contribution in [-0.4, -0.2) is 36.0 Å². The van der Waals surface area contributed by atoms with E-state index in [1.807, 2.05) is 30.0 Å². The van der Waals surface area contributed by atoms with Gasteiger partial charge in [-0.2, -0.15) is 0 Å². The molecule has 0 unspecified atom stereocenters. The average molecular weight is 354 g/mol. The summed E-state index contributed by atoms with van der Waals surface area (Å²) in [5, 5.41) is 5.80. The first-order chi connectivity index (χ1) is 9.95. The van der Waals surface area contributed by atoms with E-state index in [9.17, 15) is 9.59 Å². The number of nitrogens with one attached hydrogen (secondary N) is 2. The summed E-state index contributed by atoms with van der Waals surface area (Å²) in [6, 6.07) is 5.61. The molecule has 0 radical (unpaired) electrons. The minimum Gasteiger partial charge on any atom is -0.343 e. The second-order valence-corrected chi connectivity index (χ2v) is 6.20. The highest BCUT2D eigenvalue weighted by molar-refractivity contribution is 9.10. The molecular weight excluding hydrogens is 334 g/mol. The Morgan fingerprint density at radius 2 is 1.95 bits per heavy atom. The molecular formula is C15H20BrN3O2. The molecule has 1 aliphatic rings. The van der Waals surface area contributed by atoms with Crippen LogP contribution in [0.1, 0.15) is 25.3 Å². The number of rotatable bonds is 2. The van der Waals surface area contributed by atoms with Gasteiger partial charge in [-0.1, -0.05) is 15.9 Å². The van der Waals surface area contributed by atoms with Crippen LogP contribution < -0.4 is 10.6 Å². The first-order valence-corrected chi connectivity index (χ1v) is 7.84. The Labute approximate surface area is 133 Å². The van der Waals surface area contributed by atoms with Crippen molar-refractivity contribution in [1.82, 2.24) is 10.2 Å². The molecule has 0 saturated carbocycles. The topological polar surface area (TPSA) is 61.4 Å². The normalized spacial score (nSPS) is 15.7. The molecule has 0 atom stereocenters. The maximum Gasteiger partial charge on any atom is 0.319 e.